The highest BCUT2D eigenvalue weighted by Crippen LogP contribution is 2.60. The van der Waals surface area contributed by atoms with Gasteiger partial charge in [0.25, 0.3) is 5.24 Å². The summed E-state index contributed by atoms with van der Waals surface area (Å²) in [7, 11) is -1.88. The molecule has 0 saturated carbocycles. The first-order valence-electron chi connectivity index (χ1n) is 6.00. The molecule has 1 N–H and O–H groups in total. The van der Waals surface area contributed by atoms with Crippen molar-refractivity contribution in [3.05, 3.63) is 48.0 Å². The number of nitrogens with one attached hydrogen (secondary N) is 1. The molecule has 3 heterocycles. The molecule has 1 aliphatic rings. The first-order chi connectivity index (χ1) is 9.81. The molecule has 0 atom stereocenters. The monoisotopic (exact) mass is 291 g/mol. The molecule has 0 saturated heterocycles. The van der Waals surface area contributed by atoms with E-state index < -0.39 is 10.0 Å². The van der Waals surface area contributed by atoms with Crippen LogP contribution in [0.3, 0.4) is 0 Å². The summed E-state index contributed by atoms with van der Waals surface area (Å²) in [6.45, 7) is 1.06. The molecule has 1 amide bonds. The number of rotatable bonds is 4. The predicted molar refractivity (Wildman–Crippen MR) is 74.1 cm³/mol. The van der Waals surface area contributed by atoms with Crippen LogP contribution in [0.5, 0.6) is 0 Å². The van der Waals surface area contributed by atoms with Crippen molar-refractivity contribution in [1.82, 2.24) is 25.2 Å². The Morgan fingerprint density at radius 2 is 2.25 bits per heavy atom. The van der Waals surface area contributed by atoms with E-state index in [-0.39, 0.29) is 5.24 Å². The molecule has 0 fully saturated rings. The maximum Gasteiger partial charge on any atom is 0.274 e. The number of carbonyl (C=O) groups excluding carboxylic acids is 1. The van der Waals surface area contributed by atoms with Crippen LogP contribution in [0.1, 0.15) is 0 Å². The van der Waals surface area contributed by atoms with Gasteiger partial charge in [0.05, 0.1) is 6.54 Å². The van der Waals surface area contributed by atoms with E-state index in [9.17, 15) is 4.79 Å². The summed E-state index contributed by atoms with van der Waals surface area (Å²) < 4.78 is 6.53. The van der Waals surface area contributed by atoms with Gasteiger partial charge in [-0.05, 0) is 10.8 Å². The van der Waals surface area contributed by atoms with E-state index in [1.807, 2.05) is 23.0 Å². The van der Waals surface area contributed by atoms with Gasteiger partial charge in [-0.2, -0.15) is 5.10 Å². The molecule has 8 heteroatoms. The van der Waals surface area contributed by atoms with Crippen LogP contribution in [0.4, 0.5) is 4.79 Å². The molecular formula is C12H13N5O2S. The number of aromatic nitrogens is 4. The lowest BCUT2D eigenvalue weighted by molar-refractivity contribution is 0.259. The van der Waals surface area contributed by atoms with Crippen molar-refractivity contribution in [1.29, 1.82) is 0 Å². The van der Waals surface area contributed by atoms with Gasteiger partial charge in [0.1, 0.15) is 23.9 Å². The summed E-state index contributed by atoms with van der Waals surface area (Å²) in [4.78, 5) is 16.3. The lowest BCUT2D eigenvalue weighted by Crippen LogP contribution is -2.28. The molecule has 2 aromatic heterocycles. The average Bonchev–Trinajstić information content (AvgIpc) is 3.20. The first kappa shape index (κ1) is 12.7. The number of amides is 1. The number of carbonyl (C=O) groups is 1. The molecule has 20 heavy (non-hydrogen) atoms. The third-order valence-electron chi connectivity index (χ3n) is 2.84. The second-order valence-electron chi connectivity index (χ2n) is 4.08. The lowest BCUT2D eigenvalue weighted by Gasteiger charge is -2.26. The van der Waals surface area contributed by atoms with E-state index >= 15 is 0 Å². The van der Waals surface area contributed by atoms with Crippen LogP contribution >= 0.6 is 10.0 Å². The van der Waals surface area contributed by atoms with E-state index in [4.69, 9.17) is 4.52 Å². The van der Waals surface area contributed by atoms with Crippen molar-refractivity contribution >= 4 is 15.3 Å². The van der Waals surface area contributed by atoms with Gasteiger partial charge in [0.2, 0.25) is 0 Å². The minimum atomic E-state index is -1.88. The average molecular weight is 291 g/mol. The Hall–Kier alpha value is -2.35. The maximum absolute atomic E-state index is 12.5. The third-order valence-corrected chi connectivity index (χ3v) is 5.67. The smallest absolute Gasteiger partial charge is 0.274 e. The molecule has 2 aromatic rings. The number of hydrogen-bond acceptors (Lipinski definition) is 5. The SMILES string of the molecule is O=C(NCCn1cncn1)S1(c2ccon2)C=CC=C1. The lowest BCUT2D eigenvalue weighted by atomic mass is 10.6. The van der Waals surface area contributed by atoms with E-state index in [1.54, 1.807) is 17.1 Å². The van der Waals surface area contributed by atoms with Gasteiger partial charge < -0.3 is 9.84 Å². The molecule has 0 spiro atoms. The van der Waals surface area contributed by atoms with Gasteiger partial charge in [0.15, 0.2) is 0 Å². The maximum atomic E-state index is 12.5. The summed E-state index contributed by atoms with van der Waals surface area (Å²) in [6.07, 6.45) is 8.28. The Kier molecular flexibility index (Phi) is 3.38. The summed E-state index contributed by atoms with van der Waals surface area (Å²) in [6, 6.07) is 1.73. The zero-order valence-corrected chi connectivity index (χ0v) is 11.4. The second-order valence-corrected chi connectivity index (χ2v) is 6.83. The van der Waals surface area contributed by atoms with Gasteiger partial charge in [-0.25, -0.2) is 4.98 Å². The normalized spacial score (nSPS) is 17.2. The van der Waals surface area contributed by atoms with Gasteiger partial charge >= 0.3 is 0 Å². The Bertz CT molecular complexity index is 621. The van der Waals surface area contributed by atoms with Crippen molar-refractivity contribution in [2.24, 2.45) is 0 Å². The number of hydrogen-bond donors (Lipinski definition) is 1. The fraction of sp³-hybridized carbons (Fsp3) is 0.167. The molecule has 0 aromatic carbocycles. The van der Waals surface area contributed by atoms with Crippen LogP contribution < -0.4 is 5.32 Å². The molecule has 0 aliphatic carbocycles. The highest BCUT2D eigenvalue weighted by atomic mass is 32.3. The topological polar surface area (TPSA) is 85.8 Å². The van der Waals surface area contributed by atoms with Crippen molar-refractivity contribution in [2.45, 2.75) is 11.6 Å². The van der Waals surface area contributed by atoms with Crippen LogP contribution in [0, 0.1) is 0 Å². The highest BCUT2D eigenvalue weighted by Gasteiger charge is 2.33. The summed E-state index contributed by atoms with van der Waals surface area (Å²) in [5.41, 5.74) is 0. The summed E-state index contributed by atoms with van der Waals surface area (Å²) >= 11 is 0. The van der Waals surface area contributed by atoms with Gasteiger partial charge in [-0.15, -0.1) is 0 Å². The zero-order chi connectivity index (χ0) is 13.8. The zero-order valence-electron chi connectivity index (χ0n) is 10.5. The Morgan fingerprint density at radius 1 is 1.40 bits per heavy atom. The fourth-order valence-electron chi connectivity index (χ4n) is 1.86. The van der Waals surface area contributed by atoms with Crippen molar-refractivity contribution in [3.63, 3.8) is 0 Å². The number of nitrogens with zero attached hydrogens (tertiary/aromatic N) is 4. The van der Waals surface area contributed by atoms with Crippen molar-refractivity contribution in [3.8, 4) is 0 Å². The van der Waals surface area contributed by atoms with Crippen LogP contribution in [0.2, 0.25) is 0 Å². The van der Waals surface area contributed by atoms with Crippen molar-refractivity contribution < 1.29 is 9.32 Å². The van der Waals surface area contributed by atoms with E-state index in [0.29, 0.717) is 18.1 Å². The molecule has 0 unspecified atom stereocenters. The Labute approximate surface area is 116 Å². The second kappa shape index (κ2) is 5.33. The quantitative estimate of drug-likeness (QED) is 0.929. The van der Waals surface area contributed by atoms with E-state index in [2.05, 4.69) is 20.6 Å². The minimum Gasteiger partial charge on any atom is -0.364 e. The molecule has 1 aliphatic heterocycles. The minimum absolute atomic E-state index is 0.0588. The summed E-state index contributed by atoms with van der Waals surface area (Å²) in [5.74, 6) is 0. The standard InChI is InChI=1S/C12H13N5O2S/c18-12(14-4-5-17-10-13-9-15-17)20(7-1-2-8-20)11-3-6-19-16-11/h1-3,6-10H,4-5H2,(H,14,18). The van der Waals surface area contributed by atoms with Crippen LogP contribution in [0.25, 0.3) is 0 Å². The van der Waals surface area contributed by atoms with E-state index in [1.165, 1.54) is 12.6 Å². The van der Waals surface area contributed by atoms with Crippen LogP contribution in [-0.4, -0.2) is 31.7 Å². The van der Waals surface area contributed by atoms with Gasteiger partial charge in [0, 0.05) is 12.6 Å². The molecular weight excluding hydrogens is 278 g/mol. The Balaban J connectivity index is 1.68. The summed E-state index contributed by atoms with van der Waals surface area (Å²) in [5, 5.41) is 15.2. The van der Waals surface area contributed by atoms with Crippen molar-refractivity contribution in [2.75, 3.05) is 6.54 Å². The molecule has 0 bridgehead atoms. The van der Waals surface area contributed by atoms with Crippen LogP contribution in [-0.2, 0) is 6.54 Å². The predicted octanol–water partition coefficient (Wildman–Crippen LogP) is 1.88. The van der Waals surface area contributed by atoms with Gasteiger partial charge in [-0.3, -0.25) is 9.48 Å². The van der Waals surface area contributed by atoms with Gasteiger partial charge in [-0.1, -0.05) is 27.3 Å². The fourth-order valence-corrected chi connectivity index (χ4v) is 4.13. The third kappa shape index (κ3) is 2.25. The first-order valence-corrected chi connectivity index (χ1v) is 7.76. The molecule has 0 radical (unpaired) electrons. The molecule has 7 nitrogen and oxygen atoms in total. The molecule has 104 valence electrons. The highest BCUT2D eigenvalue weighted by molar-refractivity contribution is 8.49. The number of allylic oxidation sites excluding steroid dienone is 2. The largest absolute Gasteiger partial charge is 0.364 e. The molecule has 3 rings (SSSR count). The van der Waals surface area contributed by atoms with Crippen LogP contribution in [0.15, 0.2) is 57.5 Å². The Morgan fingerprint density at radius 3 is 2.90 bits per heavy atom. The van der Waals surface area contributed by atoms with E-state index in [0.717, 1.165) is 0 Å².